The number of nitrogens with zero attached hydrogens (tertiary/aromatic N) is 1. The summed E-state index contributed by atoms with van der Waals surface area (Å²) in [4.78, 5) is 14.1. The number of allylic oxidation sites excluding steroid dienone is 1. The maximum atomic E-state index is 11.8. The van der Waals surface area contributed by atoms with Crippen molar-refractivity contribution in [3.05, 3.63) is 24.1 Å². The first-order valence-electron chi connectivity index (χ1n) is 3.43. The molecule has 0 unspecified atom stereocenters. The Kier molecular flexibility index (Phi) is 5.13. The third kappa shape index (κ3) is 3.34. The van der Waals surface area contributed by atoms with E-state index in [2.05, 4.69) is 27.8 Å². The lowest BCUT2D eigenvalue weighted by Crippen LogP contribution is -2.09. The van der Waals surface area contributed by atoms with Crippen LogP contribution in [0.15, 0.2) is 29.1 Å². The van der Waals surface area contributed by atoms with Crippen LogP contribution in [0.2, 0.25) is 0 Å². The van der Waals surface area contributed by atoms with Gasteiger partial charge in [-0.1, -0.05) is 6.58 Å². The molecule has 0 fully saturated rings. The number of carbonyl (C=O) groups excluding carboxylic acids is 1. The van der Waals surface area contributed by atoms with Gasteiger partial charge in [0.2, 0.25) is 0 Å². The van der Waals surface area contributed by atoms with E-state index in [0.717, 1.165) is 13.2 Å². The van der Waals surface area contributed by atoms with E-state index in [4.69, 9.17) is 0 Å². The number of esters is 1. The molecule has 0 aromatic rings. The quantitative estimate of drug-likeness (QED) is 0.224. The molecule has 0 radical (unpaired) electrons. The van der Waals surface area contributed by atoms with Crippen molar-refractivity contribution in [3.8, 4) is 0 Å². The molecule has 4 nitrogen and oxygen atoms in total. The van der Waals surface area contributed by atoms with Crippen molar-refractivity contribution in [1.29, 1.82) is 0 Å². The van der Waals surface area contributed by atoms with Crippen LogP contribution < -0.4 is 0 Å². The molecule has 0 N–H and O–H groups in total. The van der Waals surface area contributed by atoms with Gasteiger partial charge < -0.3 is 9.47 Å². The van der Waals surface area contributed by atoms with Crippen LogP contribution in [-0.4, -0.2) is 26.4 Å². The van der Waals surface area contributed by atoms with Gasteiger partial charge in [0.1, 0.15) is 0 Å². The van der Waals surface area contributed by atoms with E-state index in [0.29, 0.717) is 0 Å². The lowest BCUT2D eigenvalue weighted by molar-refractivity contribution is -0.137. The molecule has 0 saturated carbocycles. The predicted octanol–water partition coefficient (Wildman–Crippen LogP) is 1.50. The summed E-state index contributed by atoms with van der Waals surface area (Å²) in [5, 5.41) is 0. The Morgan fingerprint density at radius 1 is 1.57 bits per heavy atom. The van der Waals surface area contributed by atoms with Crippen molar-refractivity contribution < 1.29 is 23.0 Å². The number of aliphatic imine (C=N–C) groups is 1. The third-order valence-electron chi connectivity index (χ3n) is 1.17. The van der Waals surface area contributed by atoms with E-state index in [9.17, 15) is 13.6 Å². The van der Waals surface area contributed by atoms with Crippen molar-refractivity contribution in [3.63, 3.8) is 0 Å². The minimum atomic E-state index is -3.07. The molecule has 0 bridgehead atoms. The van der Waals surface area contributed by atoms with Gasteiger partial charge in [-0.25, -0.2) is 4.79 Å². The number of halogens is 2. The molecule has 0 aliphatic rings. The van der Waals surface area contributed by atoms with Gasteiger partial charge in [0, 0.05) is 0 Å². The molecule has 0 aliphatic heterocycles. The topological polar surface area (TPSA) is 47.9 Å². The summed E-state index contributed by atoms with van der Waals surface area (Å²) >= 11 is 0. The summed E-state index contributed by atoms with van der Waals surface area (Å²) in [6.07, 6.45) is 0.924. The molecule has 0 aromatic carbocycles. The second-order valence-electron chi connectivity index (χ2n) is 1.95. The molecule has 0 saturated heterocycles. The molecule has 78 valence electrons. The highest BCUT2D eigenvalue weighted by molar-refractivity contribution is 5.89. The summed E-state index contributed by atoms with van der Waals surface area (Å²) < 4.78 is 31.9. The van der Waals surface area contributed by atoms with E-state index in [1.165, 1.54) is 0 Å². The smallest absolute Gasteiger partial charge is 0.387 e. The second kappa shape index (κ2) is 5.85. The normalized spacial score (nSPS) is 11.7. The molecule has 0 aliphatic carbocycles. The summed E-state index contributed by atoms with van der Waals surface area (Å²) in [6.45, 7) is 3.15. The van der Waals surface area contributed by atoms with Crippen LogP contribution in [0.1, 0.15) is 0 Å². The predicted molar refractivity (Wildman–Crippen MR) is 45.9 cm³/mol. The zero-order valence-electron chi connectivity index (χ0n) is 7.50. The van der Waals surface area contributed by atoms with E-state index < -0.39 is 24.0 Å². The minimum absolute atomic E-state index is 0.442. The van der Waals surface area contributed by atoms with Crippen molar-refractivity contribution in [1.82, 2.24) is 0 Å². The fraction of sp³-hybridized carbons (Fsp3) is 0.250. The Bertz CT molecular complexity index is 274. The Morgan fingerprint density at radius 2 is 2.14 bits per heavy atom. The largest absolute Gasteiger partial charge is 0.464 e. The van der Waals surface area contributed by atoms with Crippen LogP contribution in [0.3, 0.4) is 0 Å². The summed E-state index contributed by atoms with van der Waals surface area (Å²) in [7, 11) is 1.08. The third-order valence-corrected chi connectivity index (χ3v) is 1.17. The lowest BCUT2D eigenvalue weighted by Gasteiger charge is -2.07. The zero-order chi connectivity index (χ0) is 11.1. The van der Waals surface area contributed by atoms with Gasteiger partial charge in [-0.3, -0.25) is 4.99 Å². The van der Waals surface area contributed by atoms with Crippen molar-refractivity contribution in [2.24, 2.45) is 4.99 Å². The number of hydrogen-bond acceptors (Lipinski definition) is 4. The van der Waals surface area contributed by atoms with Crippen LogP contribution >= 0.6 is 0 Å². The molecule has 0 atom stereocenters. The fourth-order valence-corrected chi connectivity index (χ4v) is 0.636. The van der Waals surface area contributed by atoms with Crippen LogP contribution in [0.4, 0.5) is 8.78 Å². The van der Waals surface area contributed by atoms with Gasteiger partial charge in [0.15, 0.2) is 11.5 Å². The van der Waals surface area contributed by atoms with Gasteiger partial charge in [0.05, 0.1) is 7.11 Å². The minimum Gasteiger partial charge on any atom is -0.464 e. The monoisotopic (exact) mass is 205 g/mol. The van der Waals surface area contributed by atoms with Gasteiger partial charge in [-0.05, 0) is 12.8 Å². The maximum absolute atomic E-state index is 11.8. The molecule has 0 spiro atoms. The molecule has 14 heavy (non-hydrogen) atoms. The SMILES string of the molecule is C=C/C(OC(F)F)=C(\N=C)C(=O)OC. The number of methoxy groups -OCH3 is 1. The molecule has 0 heterocycles. The van der Waals surface area contributed by atoms with E-state index in [-0.39, 0.29) is 0 Å². The van der Waals surface area contributed by atoms with E-state index >= 15 is 0 Å². The molecular weight excluding hydrogens is 196 g/mol. The number of alkyl halides is 2. The number of ether oxygens (including phenoxy) is 2. The maximum Gasteiger partial charge on any atom is 0.387 e. The Hall–Kier alpha value is -1.72. The van der Waals surface area contributed by atoms with Crippen LogP contribution in [0.5, 0.6) is 0 Å². The lowest BCUT2D eigenvalue weighted by atomic mass is 10.3. The standard InChI is InChI=1S/C8H9F2NO3/c1-4-5(14-8(9)10)6(11-2)7(12)13-3/h4,8H,1-2H2,3H3/b6-5+. The van der Waals surface area contributed by atoms with Crippen LogP contribution in [-0.2, 0) is 14.3 Å². The summed E-state index contributed by atoms with van der Waals surface area (Å²) in [5.41, 5.74) is -0.442. The molecule has 6 heteroatoms. The van der Waals surface area contributed by atoms with Gasteiger partial charge in [-0.2, -0.15) is 8.78 Å². The highest BCUT2D eigenvalue weighted by Gasteiger charge is 2.16. The summed E-state index contributed by atoms with van der Waals surface area (Å²) in [5.74, 6) is -1.39. The second-order valence-corrected chi connectivity index (χ2v) is 1.95. The molecular formula is C8H9F2NO3. The highest BCUT2D eigenvalue weighted by atomic mass is 19.3. The van der Waals surface area contributed by atoms with Crippen LogP contribution in [0, 0.1) is 0 Å². The van der Waals surface area contributed by atoms with E-state index in [1.807, 2.05) is 0 Å². The van der Waals surface area contributed by atoms with E-state index in [1.54, 1.807) is 0 Å². The van der Waals surface area contributed by atoms with Crippen molar-refractivity contribution >= 4 is 12.7 Å². The number of hydrogen-bond donors (Lipinski definition) is 0. The average molecular weight is 205 g/mol. The molecule has 0 rings (SSSR count). The number of carbonyl (C=O) groups is 1. The van der Waals surface area contributed by atoms with Gasteiger partial charge in [-0.15, -0.1) is 0 Å². The van der Waals surface area contributed by atoms with Gasteiger partial charge >= 0.3 is 12.6 Å². The Morgan fingerprint density at radius 3 is 2.43 bits per heavy atom. The highest BCUT2D eigenvalue weighted by Crippen LogP contribution is 2.13. The molecule has 0 amide bonds. The first-order valence-corrected chi connectivity index (χ1v) is 3.43. The zero-order valence-corrected chi connectivity index (χ0v) is 7.50. The molecule has 0 aromatic heterocycles. The first-order chi connectivity index (χ1) is 6.56. The number of rotatable bonds is 5. The van der Waals surface area contributed by atoms with Crippen molar-refractivity contribution in [2.75, 3.05) is 7.11 Å². The average Bonchev–Trinajstić information content (AvgIpc) is 2.16. The summed E-state index contributed by atoms with van der Waals surface area (Å²) in [6, 6.07) is 0. The fourth-order valence-electron chi connectivity index (χ4n) is 0.636. The Balaban J connectivity index is 5.00. The van der Waals surface area contributed by atoms with Crippen molar-refractivity contribution in [2.45, 2.75) is 6.61 Å². The Labute approximate surface area is 79.5 Å². The first kappa shape index (κ1) is 12.3. The van der Waals surface area contributed by atoms with Crippen LogP contribution in [0.25, 0.3) is 0 Å². The van der Waals surface area contributed by atoms with Gasteiger partial charge in [0.25, 0.3) is 0 Å².